The van der Waals surface area contributed by atoms with Gasteiger partial charge in [0.2, 0.25) is 5.91 Å². The number of piperazine rings is 1. The van der Waals surface area contributed by atoms with Crippen molar-refractivity contribution in [2.24, 2.45) is 0 Å². The van der Waals surface area contributed by atoms with Gasteiger partial charge in [-0.1, -0.05) is 12.1 Å². The molecule has 1 atom stereocenters. The number of rotatable bonds is 4. The second-order valence-electron chi connectivity index (χ2n) is 5.76. The number of ether oxygens (including phenoxy) is 1. The molecule has 1 aromatic rings. The summed E-state index contributed by atoms with van der Waals surface area (Å²) in [7, 11) is 1.64. The van der Waals surface area contributed by atoms with Gasteiger partial charge in [0, 0.05) is 26.2 Å². The summed E-state index contributed by atoms with van der Waals surface area (Å²) in [5.74, 6) is 0.237. The number of carbonyl (C=O) groups excluding carboxylic acids is 3. The Morgan fingerprint density at radius 3 is 2.54 bits per heavy atom. The third kappa shape index (κ3) is 3.27. The molecule has 2 aliphatic rings. The minimum Gasteiger partial charge on any atom is -0.495 e. The van der Waals surface area contributed by atoms with Crippen LogP contribution in [-0.2, 0) is 9.59 Å². The van der Waals surface area contributed by atoms with E-state index in [1.54, 1.807) is 12.0 Å². The molecule has 2 fully saturated rings. The van der Waals surface area contributed by atoms with Crippen LogP contribution in [0.4, 0.5) is 10.5 Å². The van der Waals surface area contributed by atoms with E-state index in [0.29, 0.717) is 26.2 Å². The summed E-state index contributed by atoms with van der Waals surface area (Å²) in [6.07, 6.45) is -0.00771. The molecule has 2 aliphatic heterocycles. The van der Waals surface area contributed by atoms with Gasteiger partial charge < -0.3 is 19.9 Å². The highest BCUT2D eigenvalue weighted by molar-refractivity contribution is 6.05. The van der Waals surface area contributed by atoms with Crippen LogP contribution < -0.4 is 20.3 Å². The molecule has 0 aliphatic carbocycles. The first-order valence-corrected chi connectivity index (χ1v) is 7.85. The van der Waals surface area contributed by atoms with Crippen LogP contribution in [0.2, 0.25) is 0 Å². The number of para-hydroxylation sites is 2. The van der Waals surface area contributed by atoms with Crippen molar-refractivity contribution in [3.05, 3.63) is 24.3 Å². The Morgan fingerprint density at radius 1 is 1.21 bits per heavy atom. The minimum atomic E-state index is -0.766. The molecule has 0 aromatic heterocycles. The van der Waals surface area contributed by atoms with E-state index in [2.05, 4.69) is 15.5 Å². The van der Waals surface area contributed by atoms with Gasteiger partial charge in [-0.05, 0) is 12.1 Å². The largest absolute Gasteiger partial charge is 0.495 e. The summed E-state index contributed by atoms with van der Waals surface area (Å²) in [4.78, 5) is 38.8. The van der Waals surface area contributed by atoms with E-state index >= 15 is 0 Å². The van der Waals surface area contributed by atoms with Crippen molar-refractivity contribution in [2.75, 3.05) is 38.2 Å². The SMILES string of the molecule is COc1ccccc1N1CCN(C(=O)C[C@H]2NC(=O)NC2=O)CC1. The van der Waals surface area contributed by atoms with Crippen LogP contribution >= 0.6 is 0 Å². The van der Waals surface area contributed by atoms with Crippen molar-refractivity contribution in [3.8, 4) is 5.75 Å². The van der Waals surface area contributed by atoms with Crippen molar-refractivity contribution < 1.29 is 19.1 Å². The smallest absolute Gasteiger partial charge is 0.322 e. The minimum absolute atomic E-state index is 0.00771. The zero-order valence-electron chi connectivity index (χ0n) is 13.4. The van der Waals surface area contributed by atoms with Gasteiger partial charge >= 0.3 is 6.03 Å². The van der Waals surface area contributed by atoms with Gasteiger partial charge in [0.05, 0.1) is 19.2 Å². The average molecular weight is 332 g/mol. The Bertz CT molecular complexity index is 655. The fourth-order valence-corrected chi connectivity index (χ4v) is 2.99. The molecule has 2 heterocycles. The zero-order valence-corrected chi connectivity index (χ0v) is 13.4. The lowest BCUT2D eigenvalue weighted by Gasteiger charge is -2.36. The van der Waals surface area contributed by atoms with Crippen LogP contribution in [0.15, 0.2) is 24.3 Å². The fourth-order valence-electron chi connectivity index (χ4n) is 2.99. The number of benzene rings is 1. The predicted octanol–water partition coefficient (Wildman–Crippen LogP) is -0.0581. The van der Waals surface area contributed by atoms with E-state index in [9.17, 15) is 14.4 Å². The number of nitrogens with one attached hydrogen (secondary N) is 2. The van der Waals surface area contributed by atoms with E-state index in [1.807, 2.05) is 24.3 Å². The molecule has 0 saturated carbocycles. The first-order valence-electron chi connectivity index (χ1n) is 7.85. The van der Waals surface area contributed by atoms with Crippen LogP contribution in [0.25, 0.3) is 0 Å². The maximum absolute atomic E-state index is 12.3. The number of carbonyl (C=O) groups is 3. The Hall–Kier alpha value is -2.77. The predicted molar refractivity (Wildman–Crippen MR) is 86.9 cm³/mol. The van der Waals surface area contributed by atoms with E-state index in [4.69, 9.17) is 4.74 Å². The molecule has 8 heteroatoms. The Morgan fingerprint density at radius 2 is 1.92 bits per heavy atom. The molecule has 0 radical (unpaired) electrons. The first kappa shape index (κ1) is 16.1. The molecule has 8 nitrogen and oxygen atoms in total. The molecule has 128 valence electrons. The monoisotopic (exact) mass is 332 g/mol. The van der Waals surface area contributed by atoms with Gasteiger partial charge in [-0.15, -0.1) is 0 Å². The van der Waals surface area contributed by atoms with Crippen LogP contribution in [0.1, 0.15) is 6.42 Å². The average Bonchev–Trinajstić information content (AvgIpc) is 2.92. The van der Waals surface area contributed by atoms with Gasteiger partial charge in [0.15, 0.2) is 0 Å². The Balaban J connectivity index is 1.56. The second kappa shape index (κ2) is 6.77. The van der Waals surface area contributed by atoms with E-state index < -0.39 is 18.0 Å². The molecule has 2 N–H and O–H groups in total. The maximum atomic E-state index is 12.3. The molecular formula is C16H20N4O4. The summed E-state index contributed by atoms with van der Waals surface area (Å²) in [6, 6.07) is 6.47. The number of amides is 4. The summed E-state index contributed by atoms with van der Waals surface area (Å²) in [5, 5.41) is 4.58. The molecule has 0 bridgehead atoms. The highest BCUT2D eigenvalue weighted by Crippen LogP contribution is 2.28. The summed E-state index contributed by atoms with van der Waals surface area (Å²) < 4.78 is 5.38. The van der Waals surface area contributed by atoms with Gasteiger partial charge in [0.25, 0.3) is 5.91 Å². The number of methoxy groups -OCH3 is 1. The molecule has 4 amide bonds. The number of urea groups is 1. The number of nitrogens with zero attached hydrogens (tertiary/aromatic N) is 2. The molecule has 0 spiro atoms. The normalized spacial score (nSPS) is 20.6. The first-order chi connectivity index (χ1) is 11.6. The van der Waals surface area contributed by atoms with Crippen molar-refractivity contribution in [1.82, 2.24) is 15.5 Å². The summed E-state index contributed by atoms with van der Waals surface area (Å²) >= 11 is 0. The number of anilines is 1. The van der Waals surface area contributed by atoms with Crippen LogP contribution in [0.3, 0.4) is 0 Å². The van der Waals surface area contributed by atoms with Crippen molar-refractivity contribution >= 4 is 23.5 Å². The lowest BCUT2D eigenvalue weighted by molar-refractivity contribution is -0.134. The Kier molecular flexibility index (Phi) is 4.54. The number of hydrogen-bond acceptors (Lipinski definition) is 5. The van der Waals surface area contributed by atoms with E-state index in [-0.39, 0.29) is 12.3 Å². The third-order valence-electron chi connectivity index (χ3n) is 4.30. The molecule has 3 rings (SSSR count). The van der Waals surface area contributed by atoms with Gasteiger partial charge in [0.1, 0.15) is 11.8 Å². The lowest BCUT2D eigenvalue weighted by Crippen LogP contribution is -2.50. The van der Waals surface area contributed by atoms with Gasteiger partial charge in [-0.2, -0.15) is 0 Å². The number of imide groups is 1. The quantitative estimate of drug-likeness (QED) is 0.754. The third-order valence-corrected chi connectivity index (χ3v) is 4.30. The second-order valence-corrected chi connectivity index (χ2v) is 5.76. The molecule has 0 unspecified atom stereocenters. The van der Waals surface area contributed by atoms with Crippen molar-refractivity contribution in [3.63, 3.8) is 0 Å². The van der Waals surface area contributed by atoms with Crippen LogP contribution in [0.5, 0.6) is 5.75 Å². The van der Waals surface area contributed by atoms with Gasteiger partial charge in [-0.25, -0.2) is 4.79 Å². The molecule has 1 aromatic carbocycles. The molecule has 24 heavy (non-hydrogen) atoms. The summed E-state index contributed by atoms with van der Waals surface area (Å²) in [5.41, 5.74) is 1.01. The van der Waals surface area contributed by atoms with Crippen molar-refractivity contribution in [1.29, 1.82) is 0 Å². The lowest BCUT2D eigenvalue weighted by atomic mass is 10.1. The maximum Gasteiger partial charge on any atom is 0.322 e. The highest BCUT2D eigenvalue weighted by Gasteiger charge is 2.33. The Labute approximate surface area is 139 Å². The standard InChI is InChI=1S/C16H20N4O4/c1-24-13-5-3-2-4-12(13)19-6-8-20(9-7-19)14(21)10-11-15(22)18-16(23)17-11/h2-5,11H,6-10H2,1H3,(H2,17,18,22,23)/t11-/m1/s1. The van der Waals surface area contributed by atoms with Crippen LogP contribution in [-0.4, -0.2) is 62.1 Å². The zero-order chi connectivity index (χ0) is 17.1. The van der Waals surface area contributed by atoms with Crippen molar-refractivity contribution in [2.45, 2.75) is 12.5 Å². The van der Waals surface area contributed by atoms with E-state index in [1.165, 1.54) is 0 Å². The molecular weight excluding hydrogens is 312 g/mol. The highest BCUT2D eigenvalue weighted by atomic mass is 16.5. The fraction of sp³-hybridized carbons (Fsp3) is 0.438. The van der Waals surface area contributed by atoms with Gasteiger partial charge in [-0.3, -0.25) is 14.9 Å². The van der Waals surface area contributed by atoms with E-state index in [0.717, 1.165) is 11.4 Å². The van der Waals surface area contributed by atoms with Crippen LogP contribution in [0, 0.1) is 0 Å². The number of hydrogen-bond donors (Lipinski definition) is 2. The molecule has 2 saturated heterocycles. The topological polar surface area (TPSA) is 91.0 Å². The summed E-state index contributed by atoms with van der Waals surface area (Å²) in [6.45, 7) is 2.52.